The summed E-state index contributed by atoms with van der Waals surface area (Å²) >= 11 is 0. The number of amides is 1. The monoisotopic (exact) mass is 345 g/mol. The minimum Gasteiger partial charge on any atom is -0.497 e. The number of carbonyl (C=O) groups is 1. The van der Waals surface area contributed by atoms with E-state index >= 15 is 0 Å². The molecule has 0 saturated carbocycles. The molecule has 3 rings (SSSR count). The first-order chi connectivity index (χ1) is 12.1. The first-order valence-corrected chi connectivity index (χ1v) is 7.27. The van der Waals surface area contributed by atoms with E-state index in [1.807, 2.05) is 0 Å². The van der Waals surface area contributed by atoms with Crippen LogP contribution in [0, 0.1) is 11.6 Å². The van der Waals surface area contributed by atoms with E-state index in [0.717, 1.165) is 12.1 Å². The molecule has 0 atom stereocenters. The molecule has 2 aromatic carbocycles. The van der Waals surface area contributed by atoms with Crippen molar-refractivity contribution in [2.24, 2.45) is 0 Å². The molecule has 0 saturated heterocycles. The van der Waals surface area contributed by atoms with Crippen LogP contribution in [0.3, 0.4) is 0 Å². The van der Waals surface area contributed by atoms with Crippen LogP contribution in [0.4, 0.5) is 8.78 Å². The molecule has 0 aliphatic heterocycles. The number of benzene rings is 2. The third-order valence-corrected chi connectivity index (χ3v) is 3.39. The van der Waals surface area contributed by atoms with Gasteiger partial charge in [-0.1, -0.05) is 0 Å². The van der Waals surface area contributed by atoms with Gasteiger partial charge in [0.2, 0.25) is 11.8 Å². The topological polar surface area (TPSA) is 77.3 Å². The van der Waals surface area contributed by atoms with Gasteiger partial charge in [0.25, 0.3) is 5.91 Å². The van der Waals surface area contributed by atoms with E-state index in [9.17, 15) is 13.6 Å². The molecule has 1 heterocycles. The van der Waals surface area contributed by atoms with Gasteiger partial charge in [0, 0.05) is 11.1 Å². The third-order valence-electron chi connectivity index (χ3n) is 3.39. The standard InChI is InChI=1S/C17H13F2N3O3/c1-24-12-5-2-10(3-6-12)17-22-21-15(25-17)9-20-16(23)11-4-7-13(18)14(19)8-11/h2-8H,9H2,1H3,(H,20,23). The fraction of sp³-hybridized carbons (Fsp3) is 0.118. The molecule has 8 heteroatoms. The van der Waals surface area contributed by atoms with Crippen LogP contribution < -0.4 is 10.1 Å². The highest BCUT2D eigenvalue weighted by atomic mass is 19.2. The minimum absolute atomic E-state index is 0.00575. The van der Waals surface area contributed by atoms with Crippen molar-refractivity contribution in [3.05, 3.63) is 65.6 Å². The zero-order valence-corrected chi connectivity index (χ0v) is 13.1. The molecule has 128 valence electrons. The molecule has 1 amide bonds. The van der Waals surface area contributed by atoms with E-state index in [4.69, 9.17) is 9.15 Å². The number of rotatable bonds is 5. The smallest absolute Gasteiger partial charge is 0.251 e. The van der Waals surface area contributed by atoms with Gasteiger partial charge in [-0.15, -0.1) is 10.2 Å². The van der Waals surface area contributed by atoms with Crippen LogP contribution in [0.25, 0.3) is 11.5 Å². The highest BCUT2D eigenvalue weighted by Crippen LogP contribution is 2.21. The third kappa shape index (κ3) is 3.79. The van der Waals surface area contributed by atoms with Crippen molar-refractivity contribution in [1.82, 2.24) is 15.5 Å². The van der Waals surface area contributed by atoms with Crippen LogP contribution in [-0.4, -0.2) is 23.2 Å². The van der Waals surface area contributed by atoms with Crippen LogP contribution in [0.1, 0.15) is 16.2 Å². The lowest BCUT2D eigenvalue weighted by atomic mass is 10.2. The Morgan fingerprint density at radius 2 is 1.88 bits per heavy atom. The van der Waals surface area contributed by atoms with E-state index in [1.54, 1.807) is 31.4 Å². The van der Waals surface area contributed by atoms with E-state index in [0.29, 0.717) is 17.2 Å². The Morgan fingerprint density at radius 3 is 2.56 bits per heavy atom. The zero-order valence-electron chi connectivity index (χ0n) is 13.1. The number of ether oxygens (including phenoxy) is 1. The molecule has 1 aromatic heterocycles. The average Bonchev–Trinajstić information content (AvgIpc) is 3.11. The molecule has 0 unspecified atom stereocenters. The normalized spacial score (nSPS) is 10.5. The van der Waals surface area contributed by atoms with Gasteiger partial charge in [-0.3, -0.25) is 4.79 Å². The van der Waals surface area contributed by atoms with Crippen molar-refractivity contribution >= 4 is 5.91 Å². The second-order valence-corrected chi connectivity index (χ2v) is 5.04. The molecule has 25 heavy (non-hydrogen) atoms. The molecular formula is C17H13F2N3O3. The van der Waals surface area contributed by atoms with Crippen molar-refractivity contribution in [2.45, 2.75) is 6.54 Å². The van der Waals surface area contributed by atoms with Crippen molar-refractivity contribution < 1.29 is 22.7 Å². The Labute approximate surface area is 141 Å². The average molecular weight is 345 g/mol. The number of halogens is 2. The summed E-state index contributed by atoms with van der Waals surface area (Å²) in [6.45, 7) is -0.0407. The Hall–Kier alpha value is -3.29. The number of aromatic nitrogens is 2. The van der Waals surface area contributed by atoms with Crippen molar-refractivity contribution in [3.63, 3.8) is 0 Å². The maximum Gasteiger partial charge on any atom is 0.251 e. The molecule has 0 bridgehead atoms. The fourth-order valence-electron chi connectivity index (χ4n) is 2.07. The van der Waals surface area contributed by atoms with Crippen LogP contribution in [0.2, 0.25) is 0 Å². The number of carbonyl (C=O) groups excluding carboxylic acids is 1. The summed E-state index contributed by atoms with van der Waals surface area (Å²) in [6, 6.07) is 9.92. The SMILES string of the molecule is COc1ccc(-c2nnc(CNC(=O)c3ccc(F)c(F)c3)o2)cc1. The van der Waals surface area contributed by atoms with Gasteiger partial charge in [-0.05, 0) is 42.5 Å². The van der Waals surface area contributed by atoms with E-state index in [1.165, 1.54) is 6.07 Å². The molecule has 0 aliphatic rings. The number of nitrogens with zero attached hydrogens (tertiary/aromatic N) is 2. The first kappa shape index (κ1) is 16.6. The van der Waals surface area contributed by atoms with E-state index < -0.39 is 17.5 Å². The van der Waals surface area contributed by atoms with Gasteiger partial charge in [-0.2, -0.15) is 0 Å². The zero-order chi connectivity index (χ0) is 17.8. The van der Waals surface area contributed by atoms with Gasteiger partial charge in [-0.25, -0.2) is 8.78 Å². The predicted molar refractivity (Wildman–Crippen MR) is 83.8 cm³/mol. The summed E-state index contributed by atoms with van der Waals surface area (Å²) in [5, 5.41) is 10.2. The molecule has 1 N–H and O–H groups in total. The van der Waals surface area contributed by atoms with Crippen LogP contribution in [0.15, 0.2) is 46.9 Å². The van der Waals surface area contributed by atoms with Gasteiger partial charge in [0.15, 0.2) is 11.6 Å². The lowest BCUT2D eigenvalue weighted by molar-refractivity contribution is 0.0946. The summed E-state index contributed by atoms with van der Waals surface area (Å²) in [7, 11) is 1.56. The lowest BCUT2D eigenvalue weighted by Gasteiger charge is -2.03. The second-order valence-electron chi connectivity index (χ2n) is 5.04. The fourth-order valence-corrected chi connectivity index (χ4v) is 2.07. The van der Waals surface area contributed by atoms with Crippen LogP contribution in [0.5, 0.6) is 5.75 Å². The molecular weight excluding hydrogens is 332 g/mol. The molecule has 0 radical (unpaired) electrons. The molecule has 6 nitrogen and oxygen atoms in total. The summed E-state index contributed by atoms with van der Waals surface area (Å²) in [4.78, 5) is 11.9. The van der Waals surface area contributed by atoms with Crippen molar-refractivity contribution in [3.8, 4) is 17.2 Å². The lowest BCUT2D eigenvalue weighted by Crippen LogP contribution is -2.23. The molecule has 0 aliphatic carbocycles. The minimum atomic E-state index is -1.09. The van der Waals surface area contributed by atoms with Crippen LogP contribution in [-0.2, 0) is 6.54 Å². The first-order valence-electron chi connectivity index (χ1n) is 7.27. The Kier molecular flexibility index (Phi) is 4.69. The number of nitrogens with one attached hydrogen (secondary N) is 1. The van der Waals surface area contributed by atoms with Gasteiger partial charge >= 0.3 is 0 Å². The quantitative estimate of drug-likeness (QED) is 0.769. The van der Waals surface area contributed by atoms with Gasteiger partial charge in [0.05, 0.1) is 13.7 Å². The Morgan fingerprint density at radius 1 is 1.12 bits per heavy atom. The molecule has 0 fully saturated rings. The van der Waals surface area contributed by atoms with Crippen molar-refractivity contribution in [1.29, 1.82) is 0 Å². The van der Waals surface area contributed by atoms with Gasteiger partial charge < -0.3 is 14.5 Å². The van der Waals surface area contributed by atoms with Gasteiger partial charge in [0.1, 0.15) is 5.75 Å². The maximum atomic E-state index is 13.1. The number of hydrogen-bond acceptors (Lipinski definition) is 5. The largest absolute Gasteiger partial charge is 0.497 e. The summed E-state index contributed by atoms with van der Waals surface area (Å²) < 4.78 is 36.5. The summed E-state index contributed by atoms with van der Waals surface area (Å²) in [6.07, 6.45) is 0. The highest BCUT2D eigenvalue weighted by molar-refractivity contribution is 5.94. The number of hydrogen-bond donors (Lipinski definition) is 1. The van der Waals surface area contributed by atoms with Crippen molar-refractivity contribution in [2.75, 3.05) is 7.11 Å². The Balaban J connectivity index is 1.64. The van der Waals surface area contributed by atoms with E-state index in [2.05, 4.69) is 15.5 Å². The summed E-state index contributed by atoms with van der Waals surface area (Å²) in [5.74, 6) is -1.52. The number of methoxy groups -OCH3 is 1. The predicted octanol–water partition coefficient (Wildman–Crippen LogP) is 2.95. The van der Waals surface area contributed by atoms with Crippen LogP contribution >= 0.6 is 0 Å². The summed E-state index contributed by atoms with van der Waals surface area (Å²) in [5.41, 5.74) is 0.695. The Bertz CT molecular complexity index is 894. The highest BCUT2D eigenvalue weighted by Gasteiger charge is 2.12. The maximum absolute atomic E-state index is 13.1. The molecule has 0 spiro atoms. The second kappa shape index (κ2) is 7.08. The molecule has 3 aromatic rings. The van der Waals surface area contributed by atoms with E-state index in [-0.39, 0.29) is 18.0 Å².